The Morgan fingerprint density at radius 2 is 2.39 bits per heavy atom. The predicted octanol–water partition coefficient (Wildman–Crippen LogP) is 1.57. The van der Waals surface area contributed by atoms with E-state index in [-0.39, 0.29) is 12.4 Å². The first-order valence-electron chi connectivity index (χ1n) is 6.30. The van der Waals surface area contributed by atoms with Crippen molar-refractivity contribution in [2.75, 3.05) is 20.2 Å². The van der Waals surface area contributed by atoms with Crippen LogP contribution in [0.5, 0.6) is 5.75 Å². The number of hydrogen-bond acceptors (Lipinski definition) is 4. The highest BCUT2D eigenvalue weighted by atomic mass is 16.5. The number of phenols is 1. The van der Waals surface area contributed by atoms with Gasteiger partial charge in [0.25, 0.3) is 0 Å². The van der Waals surface area contributed by atoms with E-state index >= 15 is 0 Å². The van der Waals surface area contributed by atoms with Gasteiger partial charge in [0.2, 0.25) is 0 Å². The van der Waals surface area contributed by atoms with Crippen LogP contribution in [0.25, 0.3) is 0 Å². The average Bonchev–Trinajstić information content (AvgIpc) is 2.42. The van der Waals surface area contributed by atoms with Gasteiger partial charge < -0.3 is 15.2 Å². The number of rotatable bonds is 3. The quantitative estimate of drug-likeness (QED) is 0.798. The summed E-state index contributed by atoms with van der Waals surface area (Å²) in [4.78, 5) is 11.3. The van der Waals surface area contributed by atoms with Gasteiger partial charge in [0.05, 0.1) is 13.5 Å². The molecule has 0 aromatic heterocycles. The Labute approximate surface area is 107 Å². The Hall–Kier alpha value is -1.55. The van der Waals surface area contributed by atoms with Crippen molar-refractivity contribution < 1.29 is 14.6 Å². The van der Waals surface area contributed by atoms with Crippen LogP contribution in [0.1, 0.15) is 29.9 Å². The number of esters is 1. The molecular formula is C14H19NO3. The van der Waals surface area contributed by atoms with E-state index in [9.17, 15) is 9.90 Å². The van der Waals surface area contributed by atoms with Crippen LogP contribution < -0.4 is 5.32 Å². The van der Waals surface area contributed by atoms with Gasteiger partial charge >= 0.3 is 5.97 Å². The summed E-state index contributed by atoms with van der Waals surface area (Å²) in [5.41, 5.74) is 1.82. The number of aromatic hydroxyl groups is 1. The number of hydrogen-bond donors (Lipinski definition) is 2. The normalized spacial score (nSPS) is 19.5. The van der Waals surface area contributed by atoms with E-state index in [2.05, 4.69) is 10.1 Å². The fraction of sp³-hybridized carbons (Fsp3) is 0.500. The van der Waals surface area contributed by atoms with Crippen LogP contribution in [0.2, 0.25) is 0 Å². The zero-order chi connectivity index (χ0) is 13.0. The van der Waals surface area contributed by atoms with E-state index in [1.165, 1.54) is 7.11 Å². The second-order valence-electron chi connectivity index (χ2n) is 4.69. The second kappa shape index (κ2) is 5.87. The Kier molecular flexibility index (Phi) is 4.20. The van der Waals surface area contributed by atoms with E-state index in [4.69, 9.17) is 0 Å². The number of benzene rings is 1. The molecule has 18 heavy (non-hydrogen) atoms. The molecule has 0 aliphatic carbocycles. The fourth-order valence-electron chi connectivity index (χ4n) is 2.40. The number of ether oxygens (including phenoxy) is 1. The molecule has 4 heteroatoms. The maximum absolute atomic E-state index is 11.3. The number of carbonyl (C=O) groups is 1. The molecule has 1 saturated heterocycles. The van der Waals surface area contributed by atoms with Crippen LogP contribution in [-0.2, 0) is 16.0 Å². The lowest BCUT2D eigenvalue weighted by molar-refractivity contribution is -0.139. The maximum atomic E-state index is 11.3. The van der Waals surface area contributed by atoms with Gasteiger partial charge in [-0.1, -0.05) is 12.1 Å². The summed E-state index contributed by atoms with van der Waals surface area (Å²) in [6.07, 6.45) is 2.44. The Bertz CT molecular complexity index is 425. The number of methoxy groups -OCH3 is 1. The monoisotopic (exact) mass is 249 g/mol. The molecular weight excluding hydrogens is 230 g/mol. The molecule has 98 valence electrons. The highest BCUT2D eigenvalue weighted by molar-refractivity contribution is 5.72. The molecule has 1 atom stereocenters. The van der Waals surface area contributed by atoms with Gasteiger partial charge in [0.15, 0.2) is 0 Å². The standard InChI is InChI=1S/C14H19NO3/c1-18-14(17)8-10-4-5-13(16)12(7-10)11-3-2-6-15-9-11/h4-5,7,11,15-16H,2-3,6,8-9H2,1H3. The Morgan fingerprint density at radius 3 is 3.06 bits per heavy atom. The Morgan fingerprint density at radius 1 is 1.56 bits per heavy atom. The van der Waals surface area contributed by atoms with Crippen LogP contribution in [0.3, 0.4) is 0 Å². The molecule has 4 nitrogen and oxygen atoms in total. The zero-order valence-corrected chi connectivity index (χ0v) is 10.6. The summed E-state index contributed by atoms with van der Waals surface area (Å²) in [6.45, 7) is 1.92. The fourth-order valence-corrected chi connectivity index (χ4v) is 2.40. The third kappa shape index (κ3) is 3.01. The van der Waals surface area contributed by atoms with Gasteiger partial charge in [0.1, 0.15) is 5.75 Å². The smallest absolute Gasteiger partial charge is 0.309 e. The first kappa shape index (κ1) is 12.9. The van der Waals surface area contributed by atoms with Gasteiger partial charge in [0, 0.05) is 12.5 Å². The third-order valence-corrected chi connectivity index (χ3v) is 3.40. The number of phenolic OH excluding ortho intramolecular Hbond substituents is 1. The highest BCUT2D eigenvalue weighted by Gasteiger charge is 2.19. The first-order chi connectivity index (χ1) is 8.70. The lowest BCUT2D eigenvalue weighted by Crippen LogP contribution is -2.28. The molecule has 2 rings (SSSR count). The van der Waals surface area contributed by atoms with Crippen LogP contribution >= 0.6 is 0 Å². The minimum absolute atomic E-state index is 0.254. The highest BCUT2D eigenvalue weighted by Crippen LogP contribution is 2.31. The predicted molar refractivity (Wildman–Crippen MR) is 68.7 cm³/mol. The molecule has 0 saturated carbocycles. The molecule has 0 radical (unpaired) electrons. The van der Waals surface area contributed by atoms with E-state index in [1.807, 2.05) is 6.07 Å². The molecule has 0 spiro atoms. The van der Waals surface area contributed by atoms with Crippen molar-refractivity contribution in [2.45, 2.75) is 25.2 Å². The average molecular weight is 249 g/mol. The van der Waals surface area contributed by atoms with Crippen LogP contribution in [0, 0.1) is 0 Å². The van der Waals surface area contributed by atoms with Gasteiger partial charge in [-0.3, -0.25) is 4.79 Å². The molecule has 0 bridgehead atoms. The molecule has 0 amide bonds. The van der Waals surface area contributed by atoms with Crippen molar-refractivity contribution in [3.05, 3.63) is 29.3 Å². The summed E-state index contributed by atoms with van der Waals surface area (Å²) in [6, 6.07) is 5.36. The van der Waals surface area contributed by atoms with Crippen LogP contribution in [0.15, 0.2) is 18.2 Å². The number of carbonyl (C=O) groups excluding carboxylic acids is 1. The van der Waals surface area contributed by atoms with Gasteiger partial charge in [-0.15, -0.1) is 0 Å². The topological polar surface area (TPSA) is 58.6 Å². The van der Waals surface area contributed by atoms with E-state index < -0.39 is 0 Å². The van der Waals surface area contributed by atoms with Gasteiger partial charge in [-0.25, -0.2) is 0 Å². The maximum Gasteiger partial charge on any atom is 0.309 e. The summed E-state index contributed by atoms with van der Waals surface area (Å²) in [5, 5.41) is 13.3. The van der Waals surface area contributed by atoms with E-state index in [0.717, 1.165) is 37.1 Å². The van der Waals surface area contributed by atoms with Crippen LogP contribution in [-0.4, -0.2) is 31.3 Å². The summed E-state index contributed by atoms with van der Waals surface area (Å²) in [5.74, 6) is 0.391. The van der Waals surface area contributed by atoms with Crippen molar-refractivity contribution in [1.29, 1.82) is 0 Å². The first-order valence-corrected chi connectivity index (χ1v) is 6.30. The lowest BCUT2D eigenvalue weighted by Gasteiger charge is -2.24. The molecule has 1 aliphatic heterocycles. The van der Waals surface area contributed by atoms with Gasteiger partial charge in [-0.2, -0.15) is 0 Å². The lowest BCUT2D eigenvalue weighted by atomic mass is 9.89. The SMILES string of the molecule is COC(=O)Cc1ccc(O)c(C2CCCNC2)c1. The van der Waals surface area contributed by atoms with Crippen LogP contribution in [0.4, 0.5) is 0 Å². The second-order valence-corrected chi connectivity index (χ2v) is 4.69. The molecule has 1 fully saturated rings. The molecule has 1 aliphatic rings. The minimum Gasteiger partial charge on any atom is -0.508 e. The molecule has 2 N–H and O–H groups in total. The summed E-state index contributed by atoms with van der Waals surface area (Å²) in [7, 11) is 1.38. The Balaban J connectivity index is 2.17. The van der Waals surface area contributed by atoms with Gasteiger partial charge in [-0.05, 0) is 36.6 Å². The van der Waals surface area contributed by atoms with Crippen molar-refractivity contribution in [2.24, 2.45) is 0 Å². The van der Waals surface area contributed by atoms with Crippen molar-refractivity contribution in [3.8, 4) is 5.75 Å². The molecule has 1 heterocycles. The minimum atomic E-state index is -0.256. The zero-order valence-electron chi connectivity index (χ0n) is 10.6. The third-order valence-electron chi connectivity index (χ3n) is 3.40. The molecule has 1 aromatic rings. The van der Waals surface area contributed by atoms with Crippen molar-refractivity contribution in [1.82, 2.24) is 5.32 Å². The molecule has 1 aromatic carbocycles. The van der Waals surface area contributed by atoms with Crippen molar-refractivity contribution >= 4 is 5.97 Å². The van der Waals surface area contributed by atoms with Crippen molar-refractivity contribution in [3.63, 3.8) is 0 Å². The summed E-state index contributed by atoms with van der Waals surface area (Å²) >= 11 is 0. The largest absolute Gasteiger partial charge is 0.508 e. The summed E-state index contributed by atoms with van der Waals surface area (Å²) < 4.78 is 4.66. The number of nitrogens with one attached hydrogen (secondary N) is 1. The molecule has 1 unspecified atom stereocenters. The van der Waals surface area contributed by atoms with E-state index in [0.29, 0.717) is 11.7 Å². The number of piperidine rings is 1. The van der Waals surface area contributed by atoms with E-state index in [1.54, 1.807) is 12.1 Å².